The molecular formula is C47H82O15. The van der Waals surface area contributed by atoms with Crippen LogP contribution in [-0.4, -0.2) is 142 Å². The first-order chi connectivity index (χ1) is 30.0. The van der Waals surface area contributed by atoms with E-state index in [1.165, 1.54) is 77.0 Å². The van der Waals surface area contributed by atoms with E-state index in [0.29, 0.717) is 12.8 Å². The van der Waals surface area contributed by atoms with E-state index < -0.39 is 99.3 Å². The molecule has 62 heavy (non-hydrogen) atoms. The molecular weight excluding hydrogens is 805 g/mol. The zero-order valence-corrected chi connectivity index (χ0v) is 37.6. The minimum absolute atomic E-state index is 0.0562. The van der Waals surface area contributed by atoms with Crippen LogP contribution in [0.1, 0.15) is 155 Å². The van der Waals surface area contributed by atoms with Crippen molar-refractivity contribution in [3.8, 4) is 0 Å². The maximum absolute atomic E-state index is 12.9. The number of hydrogen-bond acceptors (Lipinski definition) is 15. The SMILES string of the molecule is CCCCCCCC/C=C/C/C=C/CCC(=O)OC(COC(=O)CCCCC/C=C/CCCCCCCC)CO[C@@H]1O[C@H](CO[C@@H]2O[C@H](CO)[C@H](O)C(O)C2O)[C@H](O)C(O)C1O. The molecule has 0 aromatic carbocycles. The van der Waals surface area contributed by atoms with Crippen molar-refractivity contribution < 1.29 is 73.8 Å². The fraction of sp³-hybridized carbons (Fsp3) is 0.830. The molecule has 0 aromatic rings. The van der Waals surface area contributed by atoms with Crippen molar-refractivity contribution in [3.63, 3.8) is 0 Å². The molecule has 0 aliphatic carbocycles. The van der Waals surface area contributed by atoms with Crippen molar-refractivity contribution in [2.45, 2.75) is 223 Å². The largest absolute Gasteiger partial charge is 0.462 e. The third-order valence-corrected chi connectivity index (χ3v) is 11.1. The Labute approximate surface area is 370 Å². The van der Waals surface area contributed by atoms with Gasteiger partial charge in [0.25, 0.3) is 0 Å². The second-order valence-electron chi connectivity index (χ2n) is 16.6. The number of aliphatic hydroxyl groups is 7. The van der Waals surface area contributed by atoms with Gasteiger partial charge in [-0.15, -0.1) is 0 Å². The lowest BCUT2D eigenvalue weighted by Crippen LogP contribution is -2.61. The summed E-state index contributed by atoms with van der Waals surface area (Å²) >= 11 is 0. The zero-order chi connectivity index (χ0) is 45.4. The van der Waals surface area contributed by atoms with Crippen LogP contribution in [0.15, 0.2) is 36.5 Å². The van der Waals surface area contributed by atoms with E-state index in [0.717, 1.165) is 38.5 Å². The fourth-order valence-electron chi connectivity index (χ4n) is 7.14. The van der Waals surface area contributed by atoms with E-state index in [2.05, 4.69) is 38.2 Å². The molecule has 2 fully saturated rings. The van der Waals surface area contributed by atoms with Gasteiger partial charge in [-0.3, -0.25) is 9.59 Å². The minimum Gasteiger partial charge on any atom is -0.462 e. The molecule has 7 N–H and O–H groups in total. The van der Waals surface area contributed by atoms with Crippen molar-refractivity contribution in [3.05, 3.63) is 36.5 Å². The summed E-state index contributed by atoms with van der Waals surface area (Å²) in [5.74, 6) is -1.02. The molecule has 0 radical (unpaired) electrons. The van der Waals surface area contributed by atoms with Crippen LogP contribution in [0, 0.1) is 0 Å². The monoisotopic (exact) mass is 887 g/mol. The highest BCUT2D eigenvalue weighted by molar-refractivity contribution is 5.70. The second-order valence-corrected chi connectivity index (χ2v) is 16.6. The van der Waals surface area contributed by atoms with Gasteiger partial charge >= 0.3 is 11.9 Å². The number of esters is 2. The van der Waals surface area contributed by atoms with Crippen molar-refractivity contribution in [1.82, 2.24) is 0 Å². The van der Waals surface area contributed by atoms with Crippen LogP contribution in [0.3, 0.4) is 0 Å². The van der Waals surface area contributed by atoms with Crippen molar-refractivity contribution >= 4 is 11.9 Å². The Hall–Kier alpha value is -2.28. The number of aliphatic hydroxyl groups excluding tert-OH is 7. The number of rotatable bonds is 35. The number of allylic oxidation sites excluding steroid dienone is 6. The van der Waals surface area contributed by atoms with Gasteiger partial charge in [-0.1, -0.05) is 121 Å². The lowest BCUT2D eigenvalue weighted by Gasteiger charge is -2.42. The lowest BCUT2D eigenvalue weighted by atomic mass is 9.98. The molecule has 2 rings (SSSR count). The van der Waals surface area contributed by atoms with Gasteiger partial charge in [0, 0.05) is 12.8 Å². The quantitative estimate of drug-likeness (QED) is 0.0241. The summed E-state index contributed by atoms with van der Waals surface area (Å²) in [4.78, 5) is 25.6. The summed E-state index contributed by atoms with van der Waals surface area (Å²) in [6.45, 7) is 2.47. The van der Waals surface area contributed by atoms with Gasteiger partial charge in [-0.05, 0) is 57.8 Å². The molecule has 360 valence electrons. The third kappa shape index (κ3) is 23.6. The zero-order valence-electron chi connectivity index (χ0n) is 37.6. The predicted molar refractivity (Wildman–Crippen MR) is 234 cm³/mol. The van der Waals surface area contributed by atoms with Crippen LogP contribution in [0.5, 0.6) is 0 Å². The maximum Gasteiger partial charge on any atom is 0.306 e. The smallest absolute Gasteiger partial charge is 0.306 e. The van der Waals surface area contributed by atoms with Crippen molar-refractivity contribution in [2.24, 2.45) is 0 Å². The van der Waals surface area contributed by atoms with Gasteiger partial charge in [0.05, 0.1) is 19.8 Å². The number of unbranched alkanes of at least 4 members (excludes halogenated alkanes) is 15. The van der Waals surface area contributed by atoms with Crippen LogP contribution in [-0.2, 0) is 38.0 Å². The van der Waals surface area contributed by atoms with Crippen LogP contribution >= 0.6 is 0 Å². The molecule has 0 spiro atoms. The molecule has 0 bridgehead atoms. The van der Waals surface area contributed by atoms with E-state index in [9.17, 15) is 45.3 Å². The number of carbonyl (C=O) groups is 2. The van der Waals surface area contributed by atoms with Gasteiger partial charge in [0.1, 0.15) is 55.4 Å². The first-order valence-electron chi connectivity index (χ1n) is 23.6. The molecule has 2 saturated heterocycles. The van der Waals surface area contributed by atoms with Gasteiger partial charge in [-0.2, -0.15) is 0 Å². The van der Waals surface area contributed by atoms with Crippen LogP contribution in [0.4, 0.5) is 0 Å². The predicted octanol–water partition coefficient (Wildman–Crippen LogP) is 5.37. The van der Waals surface area contributed by atoms with Gasteiger partial charge in [-0.25, -0.2) is 0 Å². The molecule has 2 aliphatic rings. The lowest BCUT2D eigenvalue weighted by molar-refractivity contribution is -0.332. The van der Waals surface area contributed by atoms with Crippen molar-refractivity contribution in [2.75, 3.05) is 26.4 Å². The highest BCUT2D eigenvalue weighted by atomic mass is 16.7. The van der Waals surface area contributed by atoms with Crippen LogP contribution in [0.25, 0.3) is 0 Å². The Morgan fingerprint density at radius 2 is 1.00 bits per heavy atom. The fourth-order valence-corrected chi connectivity index (χ4v) is 7.14. The average Bonchev–Trinajstić information content (AvgIpc) is 3.26. The number of ether oxygens (including phenoxy) is 6. The summed E-state index contributed by atoms with van der Waals surface area (Å²) in [6, 6.07) is 0. The Bertz CT molecular complexity index is 1230. The molecule has 2 aliphatic heterocycles. The van der Waals surface area contributed by atoms with E-state index >= 15 is 0 Å². The topological polar surface area (TPSA) is 231 Å². The van der Waals surface area contributed by atoms with Crippen molar-refractivity contribution in [1.29, 1.82) is 0 Å². The average molecular weight is 887 g/mol. The van der Waals surface area contributed by atoms with Gasteiger partial charge in [0.15, 0.2) is 18.7 Å². The van der Waals surface area contributed by atoms with Crippen LogP contribution in [0.2, 0.25) is 0 Å². The van der Waals surface area contributed by atoms with E-state index in [-0.39, 0.29) is 19.4 Å². The third-order valence-electron chi connectivity index (χ3n) is 11.1. The molecule has 15 nitrogen and oxygen atoms in total. The summed E-state index contributed by atoms with van der Waals surface area (Å²) in [5, 5.41) is 71.9. The molecule has 0 amide bonds. The molecule has 15 heteroatoms. The van der Waals surface area contributed by atoms with Gasteiger partial charge in [0.2, 0.25) is 0 Å². The highest BCUT2D eigenvalue weighted by Crippen LogP contribution is 2.26. The second kappa shape index (κ2) is 35.0. The Morgan fingerprint density at radius 1 is 0.516 bits per heavy atom. The highest BCUT2D eigenvalue weighted by Gasteiger charge is 2.47. The minimum atomic E-state index is -1.77. The van der Waals surface area contributed by atoms with E-state index in [1.54, 1.807) is 0 Å². The van der Waals surface area contributed by atoms with E-state index in [1.807, 2.05) is 12.2 Å². The summed E-state index contributed by atoms with van der Waals surface area (Å²) in [5.41, 5.74) is 0. The maximum atomic E-state index is 12.9. The molecule has 11 atom stereocenters. The molecule has 2 heterocycles. The van der Waals surface area contributed by atoms with Crippen LogP contribution < -0.4 is 0 Å². The Kier molecular flexibility index (Phi) is 31.6. The molecule has 5 unspecified atom stereocenters. The first-order valence-corrected chi connectivity index (χ1v) is 23.6. The normalized spacial score (nSPS) is 27.4. The first kappa shape index (κ1) is 55.9. The van der Waals surface area contributed by atoms with E-state index in [4.69, 9.17) is 28.4 Å². The standard InChI is InChI=1S/C47H82O15/c1-3-5-7-9-11-13-15-17-19-21-23-25-27-29-38(49)57-32-35(60-39(50)30-28-26-24-22-20-18-16-14-12-10-8-6-4-2)33-58-46-45(56)43(54)41(52)37(62-46)34-59-47-44(55)42(53)40(51)36(31-48)61-47/h17-20,24,26,35-37,40-48,51-56H,3-16,21-23,25,27-34H2,1-2H3/b19-17+,20-18+,26-24+/t35?,36-,37-,40+,41+,42?,43?,44?,45?,46-,47-/m1/s1. The Morgan fingerprint density at radius 3 is 1.58 bits per heavy atom. The molecule has 0 aromatic heterocycles. The summed E-state index contributed by atoms with van der Waals surface area (Å²) in [7, 11) is 0. The molecule has 0 saturated carbocycles. The van der Waals surface area contributed by atoms with Gasteiger partial charge < -0.3 is 64.2 Å². The Balaban J connectivity index is 1.88. The number of carbonyl (C=O) groups excluding carboxylic acids is 2. The summed E-state index contributed by atoms with van der Waals surface area (Å²) < 4.78 is 33.4. The summed E-state index contributed by atoms with van der Waals surface area (Å²) in [6.07, 6.45) is 17.8. The number of hydrogen-bond donors (Lipinski definition) is 7.